The first-order chi connectivity index (χ1) is 16.2. The zero-order valence-electron chi connectivity index (χ0n) is 16.9. The van der Waals surface area contributed by atoms with Crippen LogP contribution in [0.15, 0.2) is 83.1 Å². The van der Waals surface area contributed by atoms with E-state index in [2.05, 4.69) is 10.1 Å². The molecule has 33 heavy (non-hydrogen) atoms. The Balaban J connectivity index is 1.48. The van der Waals surface area contributed by atoms with Gasteiger partial charge in [0.2, 0.25) is 4.96 Å². The molecule has 0 unspecified atom stereocenters. The van der Waals surface area contributed by atoms with Crippen LogP contribution in [-0.4, -0.2) is 24.4 Å². The van der Waals surface area contributed by atoms with Crippen molar-refractivity contribution in [2.75, 3.05) is 0 Å². The number of benzene rings is 2. The highest BCUT2D eigenvalue weighted by Crippen LogP contribution is 2.28. The zero-order valence-corrected chi connectivity index (χ0v) is 19.3. The molecule has 0 spiro atoms. The van der Waals surface area contributed by atoms with Gasteiger partial charge in [0.1, 0.15) is 5.69 Å². The van der Waals surface area contributed by atoms with E-state index in [4.69, 9.17) is 16.7 Å². The fraction of sp³-hybridized carbons (Fsp3) is 0. The summed E-state index contributed by atoms with van der Waals surface area (Å²) in [4.78, 5) is 19.2. The summed E-state index contributed by atoms with van der Waals surface area (Å²) in [5.41, 5.74) is 3.20. The van der Waals surface area contributed by atoms with Crippen molar-refractivity contribution < 1.29 is 0 Å². The Hall–Kier alpha value is -3.59. The number of rotatable bonds is 4. The van der Waals surface area contributed by atoms with Gasteiger partial charge >= 0.3 is 0 Å². The molecule has 0 aliphatic rings. The molecule has 0 N–H and O–H groups in total. The minimum atomic E-state index is -0.208. The Kier molecular flexibility index (Phi) is 4.91. The van der Waals surface area contributed by atoms with Crippen LogP contribution in [0, 0.1) is 0 Å². The summed E-state index contributed by atoms with van der Waals surface area (Å²) < 4.78 is 3.73. The van der Waals surface area contributed by atoms with E-state index in [1.165, 1.54) is 15.9 Å². The van der Waals surface area contributed by atoms with Gasteiger partial charge in [0.15, 0.2) is 5.82 Å². The Morgan fingerprint density at radius 1 is 0.970 bits per heavy atom. The molecule has 160 valence electrons. The first-order valence-electron chi connectivity index (χ1n) is 10.0. The smallest absolute Gasteiger partial charge is 0.266 e. The lowest BCUT2D eigenvalue weighted by molar-refractivity contribution is 0.885. The topological polar surface area (TPSA) is 65.1 Å². The Labute approximate surface area is 200 Å². The van der Waals surface area contributed by atoms with Crippen LogP contribution >= 0.6 is 34.3 Å². The SMILES string of the molecule is O=c1/c(=C/c2cn(-c3ccccc3)nc2-c2cccs2)sc2nc(-c3cccc(Cl)c3)nn12. The van der Waals surface area contributed by atoms with E-state index in [0.717, 1.165) is 27.4 Å². The van der Waals surface area contributed by atoms with Crippen molar-refractivity contribution in [1.82, 2.24) is 24.4 Å². The van der Waals surface area contributed by atoms with Crippen LogP contribution in [0.3, 0.4) is 0 Å². The first-order valence-corrected chi connectivity index (χ1v) is 12.1. The summed E-state index contributed by atoms with van der Waals surface area (Å²) in [5.74, 6) is 0.476. The average Bonchev–Trinajstić information content (AvgIpc) is 3.61. The second kappa shape index (κ2) is 8.08. The van der Waals surface area contributed by atoms with E-state index in [1.807, 2.05) is 76.9 Å². The molecule has 6 nitrogen and oxygen atoms in total. The van der Waals surface area contributed by atoms with Gasteiger partial charge in [-0.15, -0.1) is 16.4 Å². The van der Waals surface area contributed by atoms with Crippen molar-refractivity contribution in [2.24, 2.45) is 0 Å². The third-order valence-electron chi connectivity index (χ3n) is 5.07. The molecule has 0 radical (unpaired) electrons. The highest BCUT2D eigenvalue weighted by atomic mass is 35.5. The van der Waals surface area contributed by atoms with Crippen LogP contribution in [0.1, 0.15) is 5.56 Å². The predicted octanol–water partition coefficient (Wildman–Crippen LogP) is 4.93. The summed E-state index contributed by atoms with van der Waals surface area (Å²) >= 11 is 9.00. The van der Waals surface area contributed by atoms with Crippen LogP contribution in [0.2, 0.25) is 5.02 Å². The molecule has 0 saturated carbocycles. The van der Waals surface area contributed by atoms with Gasteiger partial charge in [-0.1, -0.05) is 59.3 Å². The van der Waals surface area contributed by atoms with Crippen molar-refractivity contribution in [2.45, 2.75) is 0 Å². The molecule has 0 atom stereocenters. The van der Waals surface area contributed by atoms with Crippen molar-refractivity contribution in [3.8, 4) is 27.6 Å². The van der Waals surface area contributed by atoms with Gasteiger partial charge in [-0.05, 0) is 41.8 Å². The van der Waals surface area contributed by atoms with Crippen molar-refractivity contribution in [3.05, 3.63) is 104 Å². The maximum Gasteiger partial charge on any atom is 0.291 e. The molecule has 2 aromatic carbocycles. The fourth-order valence-corrected chi connectivity index (χ4v) is 5.36. The summed E-state index contributed by atoms with van der Waals surface area (Å²) in [5, 5.41) is 11.8. The quantitative estimate of drug-likeness (QED) is 0.353. The number of hydrogen-bond donors (Lipinski definition) is 0. The van der Waals surface area contributed by atoms with Crippen molar-refractivity contribution >= 4 is 45.3 Å². The lowest BCUT2D eigenvalue weighted by Gasteiger charge is -1.99. The van der Waals surface area contributed by atoms with Crippen molar-refractivity contribution in [3.63, 3.8) is 0 Å². The van der Waals surface area contributed by atoms with E-state index >= 15 is 0 Å². The fourth-order valence-electron chi connectivity index (χ4n) is 3.54. The van der Waals surface area contributed by atoms with Gasteiger partial charge in [0, 0.05) is 22.3 Å². The van der Waals surface area contributed by atoms with Crippen molar-refractivity contribution in [1.29, 1.82) is 0 Å². The molecule has 0 fully saturated rings. The molecule has 0 amide bonds. The molecule has 0 aliphatic heterocycles. The second-order valence-corrected chi connectivity index (χ2v) is 9.64. The van der Waals surface area contributed by atoms with Gasteiger partial charge in [0.25, 0.3) is 5.56 Å². The van der Waals surface area contributed by atoms with Gasteiger partial charge in [-0.3, -0.25) is 4.79 Å². The Bertz CT molecular complexity index is 1700. The summed E-state index contributed by atoms with van der Waals surface area (Å²) in [6.45, 7) is 0. The number of thiazole rings is 1. The Morgan fingerprint density at radius 3 is 2.61 bits per heavy atom. The minimum absolute atomic E-state index is 0.208. The van der Waals surface area contributed by atoms with Crippen LogP contribution in [-0.2, 0) is 0 Å². The van der Waals surface area contributed by atoms with E-state index in [-0.39, 0.29) is 5.56 Å². The number of thiophene rings is 1. The largest absolute Gasteiger partial charge is 0.291 e. The molecule has 6 aromatic rings. The van der Waals surface area contributed by atoms with E-state index in [0.29, 0.717) is 20.3 Å². The number of hydrogen-bond acceptors (Lipinski definition) is 6. The molecule has 0 saturated heterocycles. The first kappa shape index (κ1) is 20.0. The highest BCUT2D eigenvalue weighted by Gasteiger charge is 2.15. The summed E-state index contributed by atoms with van der Waals surface area (Å²) in [7, 11) is 0. The van der Waals surface area contributed by atoms with E-state index < -0.39 is 0 Å². The number of para-hydroxylation sites is 1. The maximum atomic E-state index is 13.1. The zero-order chi connectivity index (χ0) is 22.4. The average molecular weight is 488 g/mol. The molecular weight excluding hydrogens is 474 g/mol. The normalized spacial score (nSPS) is 12.1. The number of aromatic nitrogens is 5. The molecular formula is C24H14ClN5OS2. The minimum Gasteiger partial charge on any atom is -0.266 e. The number of nitrogens with zero attached hydrogens (tertiary/aromatic N) is 5. The van der Waals surface area contributed by atoms with E-state index in [9.17, 15) is 4.79 Å². The molecule has 6 rings (SSSR count). The van der Waals surface area contributed by atoms with Crippen LogP contribution in [0.4, 0.5) is 0 Å². The van der Waals surface area contributed by atoms with Gasteiger partial charge in [0.05, 0.1) is 15.1 Å². The molecule has 4 aromatic heterocycles. The second-order valence-electron chi connectivity index (χ2n) is 7.25. The predicted molar refractivity (Wildman–Crippen MR) is 133 cm³/mol. The Morgan fingerprint density at radius 2 is 1.85 bits per heavy atom. The molecule has 0 bridgehead atoms. The standard InChI is InChI=1S/C24H14ClN5OS2/c25-17-7-4-6-15(12-17)22-26-24-30(28-22)23(31)20(33-24)13-16-14-29(18-8-2-1-3-9-18)27-21(16)19-10-5-11-32-19/h1-14H/b20-13-. The summed E-state index contributed by atoms with van der Waals surface area (Å²) in [6, 6.07) is 21.2. The summed E-state index contributed by atoms with van der Waals surface area (Å²) in [6.07, 6.45) is 3.81. The molecule has 9 heteroatoms. The highest BCUT2D eigenvalue weighted by molar-refractivity contribution is 7.15. The van der Waals surface area contributed by atoms with Gasteiger partial charge in [-0.25, -0.2) is 4.68 Å². The third kappa shape index (κ3) is 3.68. The molecule has 4 heterocycles. The lowest BCUT2D eigenvalue weighted by atomic mass is 10.2. The molecule has 0 aliphatic carbocycles. The monoisotopic (exact) mass is 487 g/mol. The van der Waals surface area contributed by atoms with Crippen LogP contribution < -0.4 is 10.1 Å². The third-order valence-corrected chi connectivity index (χ3v) is 7.14. The number of fused-ring (bicyclic) bond motifs is 1. The van der Waals surface area contributed by atoms with Gasteiger partial charge < -0.3 is 0 Å². The van der Waals surface area contributed by atoms with Gasteiger partial charge in [-0.2, -0.15) is 14.6 Å². The van der Waals surface area contributed by atoms with Crippen LogP contribution in [0.5, 0.6) is 0 Å². The van der Waals surface area contributed by atoms with E-state index in [1.54, 1.807) is 23.5 Å². The van der Waals surface area contributed by atoms with Crippen LogP contribution in [0.25, 0.3) is 38.7 Å². The maximum absolute atomic E-state index is 13.1. The lowest BCUT2D eigenvalue weighted by Crippen LogP contribution is -2.23. The number of halogens is 1.